The Labute approximate surface area is 88.8 Å². The van der Waals surface area contributed by atoms with Gasteiger partial charge in [0.1, 0.15) is 0 Å². The maximum Gasteiger partial charge on any atom is 0.231 e. The fourth-order valence-electron chi connectivity index (χ4n) is 2.06. The molecule has 1 aromatic rings. The third-order valence-electron chi connectivity index (χ3n) is 2.84. The lowest BCUT2D eigenvalue weighted by atomic mass is 10.1. The predicted molar refractivity (Wildman–Crippen MR) is 56.1 cm³/mol. The quantitative estimate of drug-likeness (QED) is 0.760. The first kappa shape index (κ1) is 10.2. The van der Waals surface area contributed by atoms with Gasteiger partial charge >= 0.3 is 0 Å². The van der Waals surface area contributed by atoms with Crippen LogP contribution in [0.3, 0.4) is 0 Å². The van der Waals surface area contributed by atoms with Crippen molar-refractivity contribution >= 4 is 5.91 Å². The summed E-state index contributed by atoms with van der Waals surface area (Å²) in [6, 6.07) is 2.42. The van der Waals surface area contributed by atoms with E-state index < -0.39 is 0 Å². The molecule has 0 atom stereocenters. The predicted octanol–water partition coefficient (Wildman–Crippen LogP) is 0.00530. The fourth-order valence-corrected chi connectivity index (χ4v) is 2.06. The highest BCUT2D eigenvalue weighted by molar-refractivity contribution is 5.75. The third-order valence-corrected chi connectivity index (χ3v) is 2.84. The number of nitrogens with two attached hydrogens (primary N) is 1. The Kier molecular flexibility index (Phi) is 3.01. The van der Waals surface area contributed by atoms with E-state index in [1.807, 2.05) is 16.9 Å². The van der Waals surface area contributed by atoms with E-state index in [0.29, 0.717) is 12.6 Å². The van der Waals surface area contributed by atoms with Gasteiger partial charge in [-0.3, -0.25) is 14.4 Å². The first-order valence-corrected chi connectivity index (χ1v) is 5.25. The average molecular weight is 208 g/mol. The molecule has 2 heterocycles. The normalized spacial score (nSPS) is 19.2. The summed E-state index contributed by atoms with van der Waals surface area (Å²) in [5, 5.41) is 4.23. The van der Waals surface area contributed by atoms with Crippen molar-refractivity contribution in [1.29, 1.82) is 0 Å². The smallest absolute Gasteiger partial charge is 0.231 e. The van der Waals surface area contributed by atoms with Gasteiger partial charge in [0.2, 0.25) is 5.91 Å². The van der Waals surface area contributed by atoms with Gasteiger partial charge in [0.05, 0.1) is 12.6 Å². The van der Waals surface area contributed by atoms with Gasteiger partial charge in [0.15, 0.2) is 0 Å². The summed E-state index contributed by atoms with van der Waals surface area (Å²) in [6.07, 6.45) is 5.87. The third kappa shape index (κ3) is 2.56. The molecule has 0 saturated carbocycles. The van der Waals surface area contributed by atoms with Crippen molar-refractivity contribution in [2.45, 2.75) is 18.9 Å². The summed E-state index contributed by atoms with van der Waals surface area (Å²) < 4.78 is 2.00. The standard InChI is InChI=1S/C10H16N4O/c11-10(15)8-13-6-2-9(3-7-13)14-5-1-4-12-14/h1,4-5,9H,2-3,6-8H2,(H2,11,15). The van der Waals surface area contributed by atoms with Crippen molar-refractivity contribution in [2.75, 3.05) is 19.6 Å². The number of carbonyl (C=O) groups is 1. The number of rotatable bonds is 3. The zero-order valence-corrected chi connectivity index (χ0v) is 8.67. The average Bonchev–Trinajstić information content (AvgIpc) is 2.71. The highest BCUT2D eigenvalue weighted by atomic mass is 16.1. The van der Waals surface area contributed by atoms with Gasteiger partial charge in [-0.05, 0) is 18.9 Å². The zero-order valence-electron chi connectivity index (χ0n) is 8.67. The van der Waals surface area contributed by atoms with Crippen LogP contribution < -0.4 is 5.73 Å². The van der Waals surface area contributed by atoms with E-state index in [0.717, 1.165) is 25.9 Å². The van der Waals surface area contributed by atoms with Crippen molar-refractivity contribution in [2.24, 2.45) is 5.73 Å². The summed E-state index contributed by atoms with van der Waals surface area (Å²) in [5.74, 6) is -0.243. The largest absolute Gasteiger partial charge is 0.369 e. The van der Waals surface area contributed by atoms with Crippen LogP contribution in [-0.2, 0) is 4.79 Å². The maximum atomic E-state index is 10.7. The van der Waals surface area contributed by atoms with E-state index in [1.165, 1.54) is 0 Å². The second kappa shape index (κ2) is 4.44. The second-order valence-electron chi connectivity index (χ2n) is 3.96. The van der Waals surface area contributed by atoms with Crippen LogP contribution in [0.15, 0.2) is 18.5 Å². The van der Waals surface area contributed by atoms with Crippen LogP contribution in [-0.4, -0.2) is 40.2 Å². The van der Waals surface area contributed by atoms with Crippen molar-refractivity contribution in [3.05, 3.63) is 18.5 Å². The number of nitrogens with zero attached hydrogens (tertiary/aromatic N) is 3. The van der Waals surface area contributed by atoms with Crippen molar-refractivity contribution in [3.63, 3.8) is 0 Å². The lowest BCUT2D eigenvalue weighted by molar-refractivity contribution is -0.119. The molecular formula is C10H16N4O. The van der Waals surface area contributed by atoms with Gasteiger partial charge < -0.3 is 5.73 Å². The Bertz CT molecular complexity index is 314. The van der Waals surface area contributed by atoms with Crippen LogP contribution >= 0.6 is 0 Å². The molecule has 1 aliphatic heterocycles. The number of piperidine rings is 1. The number of aromatic nitrogens is 2. The van der Waals surface area contributed by atoms with E-state index >= 15 is 0 Å². The van der Waals surface area contributed by atoms with Crippen LogP contribution in [0, 0.1) is 0 Å². The molecule has 82 valence electrons. The summed E-state index contributed by atoms with van der Waals surface area (Å²) in [5.41, 5.74) is 5.15. The van der Waals surface area contributed by atoms with Crippen molar-refractivity contribution in [1.82, 2.24) is 14.7 Å². The van der Waals surface area contributed by atoms with Crippen LogP contribution in [0.4, 0.5) is 0 Å². The lowest BCUT2D eigenvalue weighted by Gasteiger charge is -2.31. The Balaban J connectivity index is 1.84. The minimum absolute atomic E-state index is 0.243. The van der Waals surface area contributed by atoms with E-state index in [4.69, 9.17) is 5.73 Å². The van der Waals surface area contributed by atoms with Crippen molar-refractivity contribution < 1.29 is 4.79 Å². The Morgan fingerprint density at radius 3 is 2.73 bits per heavy atom. The number of carbonyl (C=O) groups excluding carboxylic acids is 1. The molecule has 15 heavy (non-hydrogen) atoms. The molecule has 2 N–H and O–H groups in total. The molecular weight excluding hydrogens is 192 g/mol. The van der Waals surface area contributed by atoms with Gasteiger partial charge in [0.25, 0.3) is 0 Å². The molecule has 0 aliphatic carbocycles. The molecule has 1 aliphatic rings. The Morgan fingerprint density at radius 1 is 1.47 bits per heavy atom. The van der Waals surface area contributed by atoms with Crippen LogP contribution in [0.5, 0.6) is 0 Å². The van der Waals surface area contributed by atoms with Gasteiger partial charge in [-0.25, -0.2) is 0 Å². The molecule has 0 radical (unpaired) electrons. The number of likely N-dealkylation sites (tertiary alicyclic amines) is 1. The number of primary amides is 1. The monoisotopic (exact) mass is 208 g/mol. The molecule has 0 bridgehead atoms. The zero-order chi connectivity index (χ0) is 10.7. The molecule has 2 rings (SSSR count). The van der Waals surface area contributed by atoms with Crippen molar-refractivity contribution in [3.8, 4) is 0 Å². The highest BCUT2D eigenvalue weighted by Gasteiger charge is 2.21. The molecule has 1 fully saturated rings. The van der Waals surface area contributed by atoms with Crippen LogP contribution in [0.1, 0.15) is 18.9 Å². The molecule has 0 spiro atoms. The molecule has 1 amide bonds. The van der Waals surface area contributed by atoms with Gasteiger partial charge in [-0.1, -0.05) is 0 Å². The summed E-state index contributed by atoms with van der Waals surface area (Å²) in [7, 11) is 0. The summed E-state index contributed by atoms with van der Waals surface area (Å²) in [6.45, 7) is 2.23. The first-order chi connectivity index (χ1) is 7.25. The Morgan fingerprint density at radius 2 is 2.20 bits per heavy atom. The topological polar surface area (TPSA) is 64.2 Å². The minimum Gasteiger partial charge on any atom is -0.369 e. The lowest BCUT2D eigenvalue weighted by Crippen LogP contribution is -2.40. The van der Waals surface area contributed by atoms with E-state index in [-0.39, 0.29) is 5.91 Å². The van der Waals surface area contributed by atoms with Gasteiger partial charge in [0, 0.05) is 25.5 Å². The number of amides is 1. The Hall–Kier alpha value is -1.36. The van der Waals surface area contributed by atoms with E-state index in [2.05, 4.69) is 10.00 Å². The van der Waals surface area contributed by atoms with E-state index in [1.54, 1.807) is 6.20 Å². The molecule has 5 heteroatoms. The maximum absolute atomic E-state index is 10.7. The van der Waals surface area contributed by atoms with Gasteiger partial charge in [-0.2, -0.15) is 5.10 Å². The highest BCUT2D eigenvalue weighted by Crippen LogP contribution is 2.20. The number of hydrogen-bond donors (Lipinski definition) is 1. The molecule has 5 nitrogen and oxygen atoms in total. The minimum atomic E-state index is -0.243. The SMILES string of the molecule is NC(=O)CN1CCC(n2cccn2)CC1. The van der Waals surface area contributed by atoms with E-state index in [9.17, 15) is 4.79 Å². The summed E-state index contributed by atoms with van der Waals surface area (Å²) >= 11 is 0. The first-order valence-electron chi connectivity index (χ1n) is 5.25. The summed E-state index contributed by atoms with van der Waals surface area (Å²) in [4.78, 5) is 12.8. The molecule has 0 unspecified atom stereocenters. The van der Waals surface area contributed by atoms with Gasteiger partial charge in [-0.15, -0.1) is 0 Å². The van der Waals surface area contributed by atoms with Crippen LogP contribution in [0.25, 0.3) is 0 Å². The van der Waals surface area contributed by atoms with Crippen LogP contribution in [0.2, 0.25) is 0 Å². The fraction of sp³-hybridized carbons (Fsp3) is 0.600. The molecule has 0 aromatic carbocycles. The number of hydrogen-bond acceptors (Lipinski definition) is 3. The molecule has 1 aromatic heterocycles. The second-order valence-corrected chi connectivity index (χ2v) is 3.96. The molecule has 1 saturated heterocycles.